The van der Waals surface area contributed by atoms with E-state index in [1.165, 1.54) is 21.3 Å². The van der Waals surface area contributed by atoms with Gasteiger partial charge in [0, 0.05) is 12.6 Å². The maximum Gasteiger partial charge on any atom is 0.334 e. The van der Waals surface area contributed by atoms with Crippen LogP contribution in [0.3, 0.4) is 0 Å². The molecule has 0 aliphatic carbocycles. The summed E-state index contributed by atoms with van der Waals surface area (Å²) in [5.74, 6) is -0.604. The van der Waals surface area contributed by atoms with Crippen molar-refractivity contribution in [2.75, 3.05) is 21.3 Å². The molecule has 0 unspecified atom stereocenters. The van der Waals surface area contributed by atoms with Gasteiger partial charge in [0.15, 0.2) is 0 Å². The topological polar surface area (TPSA) is 76.2 Å². The number of amides is 4. The van der Waals surface area contributed by atoms with Gasteiger partial charge in [-0.2, -0.15) is 0 Å². The van der Waals surface area contributed by atoms with Gasteiger partial charge in [-0.25, -0.2) is 4.79 Å². The van der Waals surface area contributed by atoms with E-state index < -0.39 is 17.8 Å². The monoisotopic (exact) mass is 278 g/mol. The molecule has 2 rings (SSSR count). The third kappa shape index (κ3) is 2.18. The Morgan fingerprint density at radius 2 is 1.75 bits per heavy atom. The summed E-state index contributed by atoms with van der Waals surface area (Å²) in [4.78, 5) is 36.7. The molecule has 0 N–H and O–H groups in total. The summed E-state index contributed by atoms with van der Waals surface area (Å²) in [5, 5.41) is 0. The number of carbonyl (C=O) groups is 3. The number of nitrogens with zero attached hydrogens (tertiary/aromatic N) is 2. The molecule has 1 fully saturated rings. The first-order chi connectivity index (χ1) is 9.49. The lowest BCUT2D eigenvalue weighted by Crippen LogP contribution is -2.31. The fourth-order valence-electron chi connectivity index (χ4n) is 1.93. The Hall–Kier alpha value is -2.57. The van der Waals surface area contributed by atoms with Crippen LogP contribution in [0.25, 0.3) is 0 Å². The molecule has 1 aromatic rings. The van der Waals surface area contributed by atoms with Crippen molar-refractivity contribution >= 4 is 17.8 Å². The molecule has 0 bridgehead atoms. The molecule has 106 valence electrons. The van der Waals surface area contributed by atoms with Crippen LogP contribution in [0.15, 0.2) is 18.2 Å². The molecule has 1 aliphatic rings. The van der Waals surface area contributed by atoms with Gasteiger partial charge < -0.3 is 9.47 Å². The number of ether oxygens (including phenoxy) is 2. The molecule has 0 spiro atoms. The normalized spacial score (nSPS) is 15.1. The zero-order chi connectivity index (χ0) is 14.9. The molecule has 1 saturated heterocycles. The molecule has 1 heterocycles. The molecule has 0 atom stereocenters. The zero-order valence-electron chi connectivity index (χ0n) is 11.4. The van der Waals surface area contributed by atoms with Crippen LogP contribution in [-0.4, -0.2) is 48.9 Å². The van der Waals surface area contributed by atoms with E-state index in [0.29, 0.717) is 17.1 Å². The van der Waals surface area contributed by atoms with Gasteiger partial charge in [-0.3, -0.25) is 19.4 Å². The van der Waals surface area contributed by atoms with E-state index >= 15 is 0 Å². The van der Waals surface area contributed by atoms with Crippen molar-refractivity contribution in [3.63, 3.8) is 0 Å². The smallest absolute Gasteiger partial charge is 0.334 e. The molecule has 0 aromatic heterocycles. The van der Waals surface area contributed by atoms with Crippen LogP contribution in [0.1, 0.15) is 5.56 Å². The van der Waals surface area contributed by atoms with E-state index in [0.717, 1.165) is 9.80 Å². The number of imide groups is 2. The summed E-state index contributed by atoms with van der Waals surface area (Å²) in [5.41, 5.74) is 0.580. The van der Waals surface area contributed by atoms with Gasteiger partial charge in [0.05, 0.1) is 20.8 Å². The molecule has 1 aliphatic heterocycles. The first-order valence-electron chi connectivity index (χ1n) is 5.84. The maximum absolute atomic E-state index is 11.8. The van der Waals surface area contributed by atoms with Gasteiger partial charge in [-0.05, 0) is 18.2 Å². The molecule has 1 aromatic carbocycles. The molecule has 7 heteroatoms. The standard InChI is InChI=1S/C13H14N2O5/c1-14-11(16)12(17)15(13(14)18)7-8-6-9(19-2)4-5-10(8)20-3/h4-6H,7H2,1-3H3. The van der Waals surface area contributed by atoms with E-state index in [9.17, 15) is 14.4 Å². The number of rotatable bonds is 4. The van der Waals surface area contributed by atoms with Crippen LogP contribution in [0.5, 0.6) is 11.5 Å². The average Bonchev–Trinajstić information content (AvgIpc) is 2.65. The van der Waals surface area contributed by atoms with E-state index in [-0.39, 0.29) is 6.54 Å². The Morgan fingerprint density at radius 1 is 1.05 bits per heavy atom. The lowest BCUT2D eigenvalue weighted by atomic mass is 10.1. The number of carbonyl (C=O) groups excluding carboxylic acids is 3. The Balaban J connectivity index is 2.32. The van der Waals surface area contributed by atoms with Crippen LogP contribution in [-0.2, 0) is 16.1 Å². The third-order valence-electron chi connectivity index (χ3n) is 3.07. The minimum Gasteiger partial charge on any atom is -0.497 e. The van der Waals surface area contributed by atoms with Crippen LogP contribution in [0, 0.1) is 0 Å². The van der Waals surface area contributed by atoms with Gasteiger partial charge >= 0.3 is 17.8 Å². The molecular weight excluding hydrogens is 264 g/mol. The molecule has 20 heavy (non-hydrogen) atoms. The molecular formula is C13H14N2O5. The first kappa shape index (κ1) is 13.9. The largest absolute Gasteiger partial charge is 0.497 e. The predicted octanol–water partition coefficient (Wildman–Crippen LogP) is 0.624. The summed E-state index contributed by atoms with van der Waals surface area (Å²) in [7, 11) is 4.26. The van der Waals surface area contributed by atoms with Crippen molar-refractivity contribution in [3.8, 4) is 11.5 Å². The SMILES string of the molecule is COc1ccc(OC)c(CN2C(=O)C(=O)N(C)C2=O)c1. The van der Waals surface area contributed by atoms with Crippen LogP contribution < -0.4 is 9.47 Å². The van der Waals surface area contributed by atoms with E-state index in [1.807, 2.05) is 0 Å². The summed E-state index contributed by atoms with van der Waals surface area (Å²) < 4.78 is 10.3. The minimum atomic E-state index is -0.845. The number of benzene rings is 1. The lowest BCUT2D eigenvalue weighted by Gasteiger charge is -2.16. The van der Waals surface area contributed by atoms with E-state index in [2.05, 4.69) is 0 Å². The Bertz CT molecular complexity index is 584. The highest BCUT2D eigenvalue weighted by Gasteiger charge is 2.42. The third-order valence-corrected chi connectivity index (χ3v) is 3.07. The summed E-state index contributed by atoms with van der Waals surface area (Å²) >= 11 is 0. The first-order valence-corrected chi connectivity index (χ1v) is 5.84. The molecule has 7 nitrogen and oxygen atoms in total. The zero-order valence-corrected chi connectivity index (χ0v) is 11.4. The Morgan fingerprint density at radius 3 is 2.25 bits per heavy atom. The minimum absolute atomic E-state index is 0.0475. The van der Waals surface area contributed by atoms with Crippen LogP contribution in [0.4, 0.5) is 4.79 Å². The van der Waals surface area contributed by atoms with Gasteiger partial charge in [-0.15, -0.1) is 0 Å². The predicted molar refractivity (Wildman–Crippen MR) is 68.3 cm³/mol. The summed E-state index contributed by atoms with van der Waals surface area (Å²) in [6, 6.07) is 4.38. The van der Waals surface area contributed by atoms with Crippen molar-refractivity contribution in [1.82, 2.24) is 9.80 Å². The number of hydrogen-bond donors (Lipinski definition) is 0. The number of hydrogen-bond acceptors (Lipinski definition) is 5. The number of methoxy groups -OCH3 is 2. The fourth-order valence-corrected chi connectivity index (χ4v) is 1.93. The van der Waals surface area contributed by atoms with Gasteiger partial charge in [0.2, 0.25) is 0 Å². The highest BCUT2D eigenvalue weighted by Crippen LogP contribution is 2.26. The fraction of sp³-hybridized carbons (Fsp3) is 0.308. The van der Waals surface area contributed by atoms with Gasteiger partial charge in [0.25, 0.3) is 0 Å². The Kier molecular flexibility index (Phi) is 3.60. The maximum atomic E-state index is 11.8. The van der Waals surface area contributed by atoms with Crippen molar-refractivity contribution in [2.24, 2.45) is 0 Å². The van der Waals surface area contributed by atoms with Crippen molar-refractivity contribution in [2.45, 2.75) is 6.54 Å². The number of likely N-dealkylation sites (N-methyl/N-ethyl adjacent to an activating group) is 1. The average molecular weight is 278 g/mol. The molecule has 4 amide bonds. The number of urea groups is 1. The van der Waals surface area contributed by atoms with Gasteiger partial charge in [-0.1, -0.05) is 0 Å². The molecule has 0 radical (unpaired) electrons. The lowest BCUT2D eigenvalue weighted by molar-refractivity contribution is -0.143. The second-order valence-corrected chi connectivity index (χ2v) is 4.22. The summed E-state index contributed by atoms with van der Waals surface area (Å²) in [6.07, 6.45) is 0. The van der Waals surface area contributed by atoms with E-state index in [1.54, 1.807) is 18.2 Å². The second-order valence-electron chi connectivity index (χ2n) is 4.22. The van der Waals surface area contributed by atoms with Gasteiger partial charge in [0.1, 0.15) is 11.5 Å². The van der Waals surface area contributed by atoms with Crippen molar-refractivity contribution in [1.29, 1.82) is 0 Å². The Labute approximate surface area is 115 Å². The molecule has 0 saturated carbocycles. The highest BCUT2D eigenvalue weighted by molar-refractivity contribution is 6.44. The quantitative estimate of drug-likeness (QED) is 0.596. The van der Waals surface area contributed by atoms with Crippen molar-refractivity contribution in [3.05, 3.63) is 23.8 Å². The van der Waals surface area contributed by atoms with Crippen molar-refractivity contribution < 1.29 is 23.9 Å². The van der Waals surface area contributed by atoms with E-state index in [4.69, 9.17) is 9.47 Å². The van der Waals surface area contributed by atoms with Crippen LogP contribution in [0.2, 0.25) is 0 Å². The van der Waals surface area contributed by atoms with Crippen LogP contribution >= 0.6 is 0 Å². The highest BCUT2D eigenvalue weighted by atomic mass is 16.5. The second kappa shape index (κ2) is 5.20. The summed E-state index contributed by atoms with van der Waals surface area (Å²) in [6.45, 7) is -0.0475.